The van der Waals surface area contributed by atoms with E-state index in [-0.39, 0.29) is 17.7 Å². The van der Waals surface area contributed by atoms with Crippen LogP contribution in [0.15, 0.2) is 6.08 Å². The monoisotopic (exact) mass is 352 g/mol. The molecule has 1 fully saturated rings. The van der Waals surface area contributed by atoms with E-state index in [1.54, 1.807) is 10.8 Å². The highest BCUT2D eigenvalue weighted by Crippen LogP contribution is 2.28. The van der Waals surface area contributed by atoms with Gasteiger partial charge in [-0.05, 0) is 31.8 Å². The molecule has 1 aromatic heterocycles. The van der Waals surface area contributed by atoms with Crippen LogP contribution in [-0.2, 0) is 16.1 Å². The fourth-order valence-electron chi connectivity index (χ4n) is 2.30. The van der Waals surface area contributed by atoms with Crippen molar-refractivity contribution in [2.75, 3.05) is 13.1 Å². The fraction of sp³-hybridized carbons (Fsp3) is 0.588. The zero-order valence-electron chi connectivity index (χ0n) is 14.4. The zero-order valence-corrected chi connectivity index (χ0v) is 15.2. The third kappa shape index (κ3) is 5.37. The fourth-order valence-corrected chi connectivity index (χ4v) is 2.61. The summed E-state index contributed by atoms with van der Waals surface area (Å²) in [6.07, 6.45) is 5.08. The highest BCUT2D eigenvalue weighted by molar-refractivity contribution is 6.31. The number of nitrogens with one attached hydrogen (secondary N) is 2. The lowest BCUT2D eigenvalue weighted by Gasteiger charge is -2.05. The topological polar surface area (TPSA) is 76.0 Å². The molecule has 0 aromatic carbocycles. The van der Waals surface area contributed by atoms with Crippen LogP contribution < -0.4 is 10.6 Å². The number of aryl methyl sites for hydroxylation is 1. The van der Waals surface area contributed by atoms with Gasteiger partial charge in [0.25, 0.3) is 0 Å². The van der Waals surface area contributed by atoms with E-state index < -0.39 is 0 Å². The van der Waals surface area contributed by atoms with Crippen LogP contribution >= 0.6 is 11.6 Å². The van der Waals surface area contributed by atoms with Gasteiger partial charge < -0.3 is 10.6 Å². The summed E-state index contributed by atoms with van der Waals surface area (Å²) >= 11 is 6.32. The maximum Gasteiger partial charge on any atom is 0.244 e. The largest absolute Gasteiger partial charge is 0.354 e. The lowest BCUT2D eigenvalue weighted by atomic mass is 10.2. The van der Waals surface area contributed by atoms with E-state index in [9.17, 15) is 9.59 Å². The molecule has 2 amide bonds. The minimum atomic E-state index is -0.220. The molecule has 24 heavy (non-hydrogen) atoms. The van der Waals surface area contributed by atoms with Crippen LogP contribution in [0, 0.1) is 18.8 Å². The van der Waals surface area contributed by atoms with Gasteiger partial charge in [0.05, 0.1) is 5.69 Å². The Morgan fingerprint density at radius 3 is 2.62 bits per heavy atom. The quantitative estimate of drug-likeness (QED) is 0.556. The van der Waals surface area contributed by atoms with E-state index in [1.807, 2.05) is 6.92 Å². The van der Waals surface area contributed by atoms with Gasteiger partial charge in [-0.2, -0.15) is 5.10 Å². The van der Waals surface area contributed by atoms with Crippen molar-refractivity contribution in [3.63, 3.8) is 0 Å². The van der Waals surface area contributed by atoms with Crippen LogP contribution in [0.5, 0.6) is 0 Å². The Hall–Kier alpha value is -1.82. The van der Waals surface area contributed by atoms with Gasteiger partial charge >= 0.3 is 0 Å². The SMILES string of the molecule is Cc1nn(CC(C)C)c(Cl)c1C=CC(=O)NCCNC(=O)C1CC1. The van der Waals surface area contributed by atoms with Crippen molar-refractivity contribution >= 4 is 29.5 Å². The first-order chi connectivity index (χ1) is 11.4. The molecule has 7 heteroatoms. The summed E-state index contributed by atoms with van der Waals surface area (Å²) in [4.78, 5) is 23.3. The van der Waals surface area contributed by atoms with Crippen LogP contribution in [-0.4, -0.2) is 34.7 Å². The summed E-state index contributed by atoms with van der Waals surface area (Å²) in [6, 6.07) is 0. The Bertz CT molecular complexity index is 633. The first kappa shape index (κ1) is 18.5. The lowest BCUT2D eigenvalue weighted by Crippen LogP contribution is -2.34. The predicted molar refractivity (Wildman–Crippen MR) is 94.6 cm³/mol. The summed E-state index contributed by atoms with van der Waals surface area (Å²) in [5.74, 6) is 0.489. The van der Waals surface area contributed by atoms with Crippen molar-refractivity contribution < 1.29 is 9.59 Å². The van der Waals surface area contributed by atoms with Crippen molar-refractivity contribution in [1.82, 2.24) is 20.4 Å². The molecule has 0 aliphatic heterocycles. The van der Waals surface area contributed by atoms with Crippen LogP contribution in [0.1, 0.15) is 37.9 Å². The number of amides is 2. The van der Waals surface area contributed by atoms with Crippen molar-refractivity contribution in [2.45, 2.75) is 40.2 Å². The Morgan fingerprint density at radius 2 is 2.00 bits per heavy atom. The second-order valence-corrected chi connectivity index (χ2v) is 6.91. The second kappa shape index (κ2) is 8.33. The van der Waals surface area contributed by atoms with Crippen LogP contribution in [0.4, 0.5) is 0 Å². The molecule has 1 heterocycles. The minimum Gasteiger partial charge on any atom is -0.354 e. The average molecular weight is 353 g/mol. The number of aromatic nitrogens is 2. The van der Waals surface area contributed by atoms with E-state index in [0.29, 0.717) is 24.2 Å². The number of carbonyl (C=O) groups excluding carboxylic acids is 2. The van der Waals surface area contributed by atoms with Crippen molar-refractivity contribution in [3.8, 4) is 0 Å². The maximum absolute atomic E-state index is 11.8. The molecule has 0 saturated heterocycles. The van der Waals surface area contributed by atoms with Crippen LogP contribution in [0.2, 0.25) is 5.15 Å². The van der Waals surface area contributed by atoms with Gasteiger partial charge in [-0.15, -0.1) is 0 Å². The van der Waals surface area contributed by atoms with Crippen molar-refractivity contribution in [2.24, 2.45) is 11.8 Å². The molecular weight excluding hydrogens is 328 g/mol. The van der Waals surface area contributed by atoms with Gasteiger partial charge in [-0.3, -0.25) is 14.3 Å². The Balaban J connectivity index is 1.80. The van der Waals surface area contributed by atoms with Crippen LogP contribution in [0.25, 0.3) is 6.08 Å². The normalized spacial score (nSPS) is 14.4. The van der Waals surface area contributed by atoms with Gasteiger partial charge in [0.1, 0.15) is 5.15 Å². The van der Waals surface area contributed by atoms with E-state index in [0.717, 1.165) is 30.6 Å². The van der Waals surface area contributed by atoms with Gasteiger partial charge in [-0.25, -0.2) is 0 Å². The highest BCUT2D eigenvalue weighted by Gasteiger charge is 2.28. The second-order valence-electron chi connectivity index (χ2n) is 6.56. The molecule has 0 unspecified atom stereocenters. The predicted octanol–water partition coefficient (Wildman–Crippen LogP) is 2.16. The van der Waals surface area contributed by atoms with E-state index >= 15 is 0 Å². The number of hydrogen-bond acceptors (Lipinski definition) is 3. The molecule has 6 nitrogen and oxygen atoms in total. The molecular formula is C17H25ClN4O2. The molecule has 1 saturated carbocycles. The lowest BCUT2D eigenvalue weighted by molar-refractivity contribution is -0.122. The van der Waals surface area contributed by atoms with E-state index in [4.69, 9.17) is 11.6 Å². The van der Waals surface area contributed by atoms with Gasteiger partial charge in [0, 0.05) is 37.2 Å². The van der Waals surface area contributed by atoms with Crippen molar-refractivity contribution in [3.05, 3.63) is 22.5 Å². The van der Waals surface area contributed by atoms with Gasteiger partial charge in [0.15, 0.2) is 0 Å². The molecule has 2 N–H and O–H groups in total. The smallest absolute Gasteiger partial charge is 0.244 e. The maximum atomic E-state index is 11.8. The number of hydrogen-bond donors (Lipinski definition) is 2. The van der Waals surface area contributed by atoms with E-state index in [2.05, 4.69) is 29.6 Å². The Labute approximate surface area is 147 Å². The molecule has 132 valence electrons. The molecule has 0 radical (unpaired) electrons. The molecule has 0 spiro atoms. The number of halogens is 1. The van der Waals surface area contributed by atoms with Crippen LogP contribution in [0.3, 0.4) is 0 Å². The average Bonchev–Trinajstić information content (AvgIpc) is 3.31. The first-order valence-corrected chi connectivity index (χ1v) is 8.72. The zero-order chi connectivity index (χ0) is 17.7. The Kier molecular flexibility index (Phi) is 6.43. The highest BCUT2D eigenvalue weighted by atomic mass is 35.5. The molecule has 1 aliphatic rings. The summed E-state index contributed by atoms with van der Waals surface area (Å²) < 4.78 is 1.76. The molecule has 2 rings (SSSR count). The summed E-state index contributed by atoms with van der Waals surface area (Å²) in [6.45, 7) is 7.65. The molecule has 0 bridgehead atoms. The van der Waals surface area contributed by atoms with E-state index in [1.165, 1.54) is 6.08 Å². The summed E-state index contributed by atoms with van der Waals surface area (Å²) in [7, 11) is 0. The first-order valence-electron chi connectivity index (χ1n) is 8.35. The number of rotatable bonds is 8. The van der Waals surface area contributed by atoms with Gasteiger partial charge in [0.2, 0.25) is 11.8 Å². The Morgan fingerprint density at radius 1 is 1.33 bits per heavy atom. The van der Waals surface area contributed by atoms with Crippen molar-refractivity contribution in [1.29, 1.82) is 0 Å². The summed E-state index contributed by atoms with van der Waals surface area (Å²) in [5, 5.41) is 10.5. The number of carbonyl (C=O) groups is 2. The van der Waals surface area contributed by atoms with Gasteiger partial charge in [-0.1, -0.05) is 25.4 Å². The third-order valence-electron chi connectivity index (χ3n) is 3.72. The number of nitrogens with zero attached hydrogens (tertiary/aromatic N) is 2. The molecule has 1 aromatic rings. The summed E-state index contributed by atoms with van der Waals surface area (Å²) in [5.41, 5.74) is 1.55. The third-order valence-corrected chi connectivity index (χ3v) is 4.12. The minimum absolute atomic E-state index is 0.0831. The molecule has 0 atom stereocenters. The standard InChI is InChI=1S/C17H25ClN4O2/c1-11(2)10-22-16(18)14(12(3)21-22)6-7-15(23)19-8-9-20-17(24)13-4-5-13/h6-7,11,13H,4-5,8-10H2,1-3H3,(H,19,23)(H,20,24). The molecule has 1 aliphatic carbocycles.